The highest BCUT2D eigenvalue weighted by atomic mass is 33.1. The third-order valence-electron chi connectivity index (χ3n) is 10.1. The average Bonchev–Trinajstić information content (AvgIpc) is 3.74. The van der Waals surface area contributed by atoms with Crippen molar-refractivity contribution in [2.24, 2.45) is 5.73 Å². The number of anilines is 2. The molecule has 0 radical (unpaired) electrons. The molecular formula is C43H59N6O20P3S4. The first kappa shape index (κ1) is 64.7. The SMILES string of the molecule is CSSC(C)c1cc(NC(=O)COCCOCCN)ccc1C(=O)OCCCCC(=O)NCC#Cc1cn([C@H]2C[C@@H](OC(=O)c3ccccc3C(C)SSC)C(COP(=O)(O)OP(=O)(O)OP(=O)(O)O)O2)c(=O)nc1N. The van der Waals surface area contributed by atoms with Crippen LogP contribution in [-0.2, 0) is 60.1 Å². The minimum Gasteiger partial charge on any atom is -0.462 e. The van der Waals surface area contributed by atoms with Crippen LogP contribution in [0.5, 0.6) is 0 Å². The molecule has 0 spiro atoms. The Hall–Kier alpha value is -3.79. The number of nitrogens with two attached hydrogens (primary N) is 2. The summed E-state index contributed by atoms with van der Waals surface area (Å²) >= 11 is 0. The summed E-state index contributed by atoms with van der Waals surface area (Å²) in [7, 11) is -11.3. The number of phosphoric acid groups is 3. The molecule has 1 aliphatic heterocycles. The molecule has 4 rings (SSSR count). The quantitative estimate of drug-likeness (QED) is 0.0134. The van der Waals surface area contributed by atoms with Crippen molar-refractivity contribution in [2.45, 2.75) is 68.5 Å². The Morgan fingerprint density at radius 2 is 1.57 bits per heavy atom. The van der Waals surface area contributed by atoms with Crippen LogP contribution in [0.25, 0.3) is 0 Å². The number of phosphoric ester groups is 1. The Kier molecular flexibility index (Phi) is 27.0. The van der Waals surface area contributed by atoms with Crippen molar-refractivity contribution in [1.82, 2.24) is 14.9 Å². The summed E-state index contributed by atoms with van der Waals surface area (Å²) in [5.74, 6) is 2.99. The lowest BCUT2D eigenvalue weighted by atomic mass is 10.0. The van der Waals surface area contributed by atoms with Crippen LogP contribution < -0.4 is 27.8 Å². The van der Waals surface area contributed by atoms with E-state index in [1.54, 1.807) is 36.4 Å². The third kappa shape index (κ3) is 22.2. The van der Waals surface area contributed by atoms with Crippen LogP contribution in [0.2, 0.25) is 0 Å². The van der Waals surface area contributed by atoms with Gasteiger partial charge in [0.2, 0.25) is 11.8 Å². The predicted molar refractivity (Wildman–Crippen MR) is 286 cm³/mol. The Morgan fingerprint density at radius 1 is 0.882 bits per heavy atom. The molecule has 0 aliphatic carbocycles. The molecule has 5 unspecified atom stereocenters. The van der Waals surface area contributed by atoms with E-state index in [2.05, 4.69) is 36.1 Å². The van der Waals surface area contributed by atoms with Crippen LogP contribution in [0.1, 0.15) is 93.7 Å². The number of carbonyl (C=O) groups is 4. The molecule has 1 saturated heterocycles. The minimum atomic E-state index is -5.89. The second-order valence-corrected chi connectivity index (χ2v) is 25.8. The zero-order valence-corrected chi connectivity index (χ0v) is 47.3. The number of amides is 2. The second kappa shape index (κ2) is 31.7. The molecule has 0 bridgehead atoms. The number of hydrogen-bond donors (Lipinski definition) is 8. The van der Waals surface area contributed by atoms with E-state index in [0.717, 1.165) is 4.57 Å². The molecule has 1 aromatic heterocycles. The van der Waals surface area contributed by atoms with E-state index in [9.17, 15) is 47.5 Å². The minimum absolute atomic E-state index is 0.00790. The number of hydrogen-bond acceptors (Lipinski definition) is 23. The summed E-state index contributed by atoms with van der Waals surface area (Å²) in [5.41, 5.74) is 12.7. The molecule has 1 aliphatic rings. The van der Waals surface area contributed by atoms with Gasteiger partial charge in [-0.15, -0.1) is 0 Å². The van der Waals surface area contributed by atoms with Crippen LogP contribution in [0, 0.1) is 11.8 Å². The summed E-state index contributed by atoms with van der Waals surface area (Å²) in [6.07, 6.45) is 1.24. The van der Waals surface area contributed by atoms with Gasteiger partial charge in [-0.2, -0.15) is 13.6 Å². The van der Waals surface area contributed by atoms with Crippen LogP contribution in [0.4, 0.5) is 11.5 Å². The lowest BCUT2D eigenvalue weighted by Crippen LogP contribution is -2.31. The van der Waals surface area contributed by atoms with Gasteiger partial charge in [-0.1, -0.05) is 73.2 Å². The molecule has 420 valence electrons. The van der Waals surface area contributed by atoms with Crippen molar-refractivity contribution >= 4 is 102 Å². The van der Waals surface area contributed by atoms with Gasteiger partial charge in [0.15, 0.2) is 0 Å². The Balaban J connectivity index is 1.36. The molecular weight excluding hydrogens is 1140 g/mol. The first-order chi connectivity index (χ1) is 36.0. The highest BCUT2D eigenvalue weighted by molar-refractivity contribution is 8.76. The Morgan fingerprint density at radius 3 is 2.26 bits per heavy atom. The normalized spacial score (nSPS) is 17.8. The molecule has 3 aromatic rings. The highest BCUT2D eigenvalue weighted by Crippen LogP contribution is 2.66. The van der Waals surface area contributed by atoms with Gasteiger partial charge >= 0.3 is 41.1 Å². The van der Waals surface area contributed by atoms with Crippen molar-refractivity contribution in [2.75, 3.05) is 76.3 Å². The maximum atomic E-state index is 13.7. The number of nitrogen functional groups attached to an aromatic ring is 1. The van der Waals surface area contributed by atoms with Gasteiger partial charge in [0.05, 0.1) is 56.3 Å². The number of nitrogens with one attached hydrogen (secondary N) is 2. The van der Waals surface area contributed by atoms with Gasteiger partial charge in [0.1, 0.15) is 30.9 Å². The average molecular weight is 1200 g/mol. The number of rotatable bonds is 31. The van der Waals surface area contributed by atoms with Crippen LogP contribution in [0.15, 0.2) is 53.5 Å². The smallest absolute Gasteiger partial charge is 0.462 e. The maximum absolute atomic E-state index is 13.7. The summed E-state index contributed by atoms with van der Waals surface area (Å²) in [6, 6.07) is 11.5. The van der Waals surface area contributed by atoms with Gasteiger partial charge in [0.25, 0.3) is 0 Å². The molecule has 33 heteroatoms. The first-order valence-corrected chi connectivity index (χ1v) is 32.5. The van der Waals surface area contributed by atoms with Crippen molar-refractivity contribution in [3.63, 3.8) is 0 Å². The van der Waals surface area contributed by atoms with Crippen LogP contribution in [0.3, 0.4) is 0 Å². The number of aromatic nitrogens is 2. The Bertz CT molecular complexity index is 2750. The molecule has 0 saturated carbocycles. The van der Waals surface area contributed by atoms with E-state index < -0.39 is 66.1 Å². The van der Waals surface area contributed by atoms with E-state index in [1.807, 2.05) is 26.4 Å². The lowest BCUT2D eigenvalue weighted by molar-refractivity contribution is -0.121. The highest BCUT2D eigenvalue weighted by Gasteiger charge is 2.45. The van der Waals surface area contributed by atoms with Gasteiger partial charge in [-0.05, 0) is 74.6 Å². The molecule has 2 heterocycles. The molecule has 26 nitrogen and oxygen atoms in total. The largest absolute Gasteiger partial charge is 0.490 e. The molecule has 2 amide bonds. The number of benzene rings is 2. The fraction of sp³-hybridized carbons (Fsp3) is 0.488. The van der Waals surface area contributed by atoms with Crippen molar-refractivity contribution in [3.05, 3.63) is 87.0 Å². The number of esters is 2. The predicted octanol–water partition coefficient (Wildman–Crippen LogP) is 5.25. The molecule has 76 heavy (non-hydrogen) atoms. The van der Waals surface area contributed by atoms with E-state index >= 15 is 0 Å². The summed E-state index contributed by atoms with van der Waals surface area (Å²) in [5, 5.41) is 5.09. The van der Waals surface area contributed by atoms with Crippen LogP contribution >= 0.6 is 66.6 Å². The van der Waals surface area contributed by atoms with Crippen LogP contribution in [-0.4, -0.2) is 130 Å². The van der Waals surface area contributed by atoms with Crippen molar-refractivity contribution in [3.8, 4) is 11.8 Å². The summed E-state index contributed by atoms with van der Waals surface area (Å²) in [6.45, 7) is 3.75. The van der Waals surface area contributed by atoms with E-state index in [4.69, 9.17) is 49.5 Å². The fourth-order valence-corrected chi connectivity index (χ4v) is 13.4. The van der Waals surface area contributed by atoms with Gasteiger partial charge < -0.3 is 65.4 Å². The number of unbranched alkanes of at least 4 members (excludes halogenated alkanes) is 1. The first-order valence-electron chi connectivity index (χ1n) is 22.7. The molecule has 2 aromatic carbocycles. The standard InChI is InChI=1S/C43H59N6O20P3S4/c1-27(75-73-3)31-11-5-6-12-32(31)42(53)67-35-23-39(66-36(35)25-65-71(58,59)69-72(60,61)68-70(55,56)57)49-24-29(40(45)48-43(49)54)10-9-17-46-37(50)13-7-8-18-64-41(52)33-15-14-30(22-34(33)28(2)76-74-4)47-38(51)26-63-21-20-62-19-16-44/h5-6,11-12,14-15,22,24,27-28,35-36,39H,7-8,13,16-21,23,25-26,44H2,1-4H3,(H,46,50)(H,47,51)(H,58,59)(H,60,61)(H2,45,48,54)(H2,55,56,57)/t27?,28?,35-,36?,39-/m1/s1. The Labute approximate surface area is 453 Å². The third-order valence-corrected chi connectivity index (χ3v) is 18.3. The van der Waals surface area contributed by atoms with Crippen molar-refractivity contribution in [1.29, 1.82) is 0 Å². The van der Waals surface area contributed by atoms with E-state index in [1.165, 1.54) is 55.4 Å². The molecule has 10 N–H and O–H groups in total. The second-order valence-electron chi connectivity index (χ2n) is 15.8. The maximum Gasteiger partial charge on any atom is 0.490 e. The van der Waals surface area contributed by atoms with Crippen molar-refractivity contribution < 1.29 is 89.3 Å². The van der Waals surface area contributed by atoms with Gasteiger partial charge in [0, 0.05) is 41.8 Å². The lowest BCUT2D eigenvalue weighted by Gasteiger charge is -2.22. The zero-order valence-electron chi connectivity index (χ0n) is 41.3. The zero-order chi connectivity index (χ0) is 56.1. The van der Waals surface area contributed by atoms with E-state index in [-0.39, 0.29) is 78.5 Å². The monoisotopic (exact) mass is 1200 g/mol. The van der Waals surface area contributed by atoms with E-state index in [0.29, 0.717) is 55.0 Å². The summed E-state index contributed by atoms with van der Waals surface area (Å²) in [4.78, 5) is 107. The topological polar surface area (TPSA) is 385 Å². The molecule has 7 atom stereocenters. The number of carbonyl (C=O) groups excluding carboxylic acids is 4. The fourth-order valence-electron chi connectivity index (χ4n) is 6.86. The van der Waals surface area contributed by atoms with Gasteiger partial charge in [-0.3, -0.25) is 18.7 Å². The number of ether oxygens (including phenoxy) is 5. The van der Waals surface area contributed by atoms with Gasteiger partial charge in [-0.25, -0.2) is 28.1 Å². The number of nitrogens with zero attached hydrogens (tertiary/aromatic N) is 2. The summed E-state index contributed by atoms with van der Waals surface area (Å²) < 4.78 is 76.9. The molecule has 1 fully saturated rings.